The molecule has 0 aliphatic carbocycles. The molecule has 0 bridgehead atoms. The van der Waals surface area contributed by atoms with E-state index >= 15 is 0 Å². The molecule has 5 heteroatoms. The normalized spacial score (nSPS) is 16.5. The number of hydrogen-bond acceptors (Lipinski definition) is 5. The van der Waals surface area contributed by atoms with Crippen molar-refractivity contribution in [2.75, 3.05) is 18.0 Å². The maximum atomic E-state index is 12.6. The average molecular weight is 408 g/mol. The van der Waals surface area contributed by atoms with Gasteiger partial charge in [0.25, 0.3) is 0 Å². The van der Waals surface area contributed by atoms with E-state index in [9.17, 15) is 9.59 Å². The smallest absolute Gasteiger partial charge is 0.315 e. The molecule has 0 aromatic heterocycles. The van der Waals surface area contributed by atoms with Crippen molar-refractivity contribution in [1.29, 1.82) is 0 Å². The van der Waals surface area contributed by atoms with Gasteiger partial charge in [-0.1, -0.05) is 18.2 Å². The summed E-state index contributed by atoms with van der Waals surface area (Å²) in [5.74, 6) is 1.90. The van der Waals surface area contributed by atoms with E-state index in [1.807, 2.05) is 38.1 Å². The quantitative estimate of drug-likeness (QED) is 0.374. The van der Waals surface area contributed by atoms with Crippen LogP contribution in [-0.4, -0.2) is 30.9 Å². The molecule has 0 spiro atoms. The molecule has 158 valence electrons. The highest BCUT2D eigenvalue weighted by molar-refractivity contribution is 5.97. The number of rotatable bonds is 7. The van der Waals surface area contributed by atoms with Crippen molar-refractivity contribution in [1.82, 2.24) is 0 Å². The zero-order valence-electron chi connectivity index (χ0n) is 17.7. The van der Waals surface area contributed by atoms with Crippen molar-refractivity contribution in [3.05, 3.63) is 53.6 Å². The Labute approximate surface area is 178 Å². The van der Waals surface area contributed by atoms with Crippen LogP contribution in [0.1, 0.15) is 55.5 Å². The van der Waals surface area contributed by atoms with Crippen molar-refractivity contribution in [2.45, 2.75) is 52.1 Å². The topological polar surface area (TPSA) is 55.8 Å². The molecule has 0 amide bonds. The Morgan fingerprint density at radius 2 is 1.97 bits per heavy atom. The van der Waals surface area contributed by atoms with Crippen LogP contribution >= 0.6 is 0 Å². The van der Waals surface area contributed by atoms with Gasteiger partial charge in [-0.3, -0.25) is 9.59 Å². The molecule has 2 heterocycles. The van der Waals surface area contributed by atoms with E-state index in [2.05, 4.69) is 17.0 Å². The number of hydrogen-bond donors (Lipinski definition) is 0. The molecule has 2 aliphatic heterocycles. The van der Waals surface area contributed by atoms with Gasteiger partial charge in [0, 0.05) is 42.4 Å². The largest absolute Gasteiger partial charge is 0.491 e. The first-order valence-corrected chi connectivity index (χ1v) is 10.9. The third-order valence-corrected chi connectivity index (χ3v) is 5.90. The van der Waals surface area contributed by atoms with Crippen molar-refractivity contribution in [3.8, 4) is 11.5 Å². The van der Waals surface area contributed by atoms with Gasteiger partial charge < -0.3 is 14.4 Å². The number of ether oxygens (including phenoxy) is 2. The Hall–Kier alpha value is -2.82. The maximum absolute atomic E-state index is 12.6. The van der Waals surface area contributed by atoms with Crippen LogP contribution < -0.4 is 14.4 Å². The fourth-order valence-electron chi connectivity index (χ4n) is 4.27. The molecular formula is C25H29NO4. The lowest BCUT2D eigenvalue weighted by Gasteiger charge is -2.33. The van der Waals surface area contributed by atoms with Gasteiger partial charge >= 0.3 is 5.97 Å². The molecule has 4 rings (SSSR count). The van der Waals surface area contributed by atoms with Crippen LogP contribution in [0.2, 0.25) is 0 Å². The fourth-order valence-corrected chi connectivity index (χ4v) is 4.27. The Bertz CT molecular complexity index is 928. The summed E-state index contributed by atoms with van der Waals surface area (Å²) in [5.41, 5.74) is 2.71. The number of ketones is 1. The molecule has 0 unspecified atom stereocenters. The molecule has 1 fully saturated rings. The molecule has 0 saturated carbocycles. The first kappa shape index (κ1) is 20.5. The summed E-state index contributed by atoms with van der Waals surface area (Å²) in [5, 5.41) is 0. The zero-order valence-corrected chi connectivity index (χ0v) is 17.7. The second-order valence-corrected chi connectivity index (χ2v) is 8.53. The molecule has 0 N–H and O–H groups in total. The van der Waals surface area contributed by atoms with Gasteiger partial charge in [-0.25, -0.2) is 0 Å². The van der Waals surface area contributed by atoms with E-state index in [0.717, 1.165) is 43.7 Å². The Morgan fingerprint density at radius 3 is 2.73 bits per heavy atom. The number of carbonyl (C=O) groups is 2. The van der Waals surface area contributed by atoms with E-state index < -0.39 is 0 Å². The number of carbonyl (C=O) groups excluding carboxylic acids is 2. The molecule has 0 atom stereocenters. The predicted molar refractivity (Wildman–Crippen MR) is 116 cm³/mol. The molecule has 0 radical (unpaired) electrons. The Balaban J connectivity index is 1.27. The van der Waals surface area contributed by atoms with E-state index in [0.29, 0.717) is 30.1 Å². The van der Waals surface area contributed by atoms with Crippen LogP contribution in [0.15, 0.2) is 42.5 Å². The molecule has 2 aromatic carbocycles. The highest BCUT2D eigenvalue weighted by Gasteiger charge is 2.23. The molecule has 2 aromatic rings. The maximum Gasteiger partial charge on any atom is 0.315 e. The summed E-state index contributed by atoms with van der Waals surface area (Å²) < 4.78 is 11.0. The van der Waals surface area contributed by atoms with Crippen molar-refractivity contribution < 1.29 is 19.1 Å². The summed E-state index contributed by atoms with van der Waals surface area (Å²) in [6, 6.07) is 13.7. The van der Waals surface area contributed by atoms with Gasteiger partial charge in [0.2, 0.25) is 0 Å². The second-order valence-electron chi connectivity index (χ2n) is 8.53. The summed E-state index contributed by atoms with van der Waals surface area (Å²) in [4.78, 5) is 26.4. The fraction of sp³-hybridized carbons (Fsp3) is 0.440. The average Bonchev–Trinajstić information content (AvgIpc) is 3.11. The third kappa shape index (κ3) is 4.84. The van der Waals surface area contributed by atoms with Crippen LogP contribution in [0.4, 0.5) is 5.69 Å². The van der Waals surface area contributed by atoms with E-state index in [4.69, 9.17) is 9.47 Å². The molecule has 30 heavy (non-hydrogen) atoms. The van der Waals surface area contributed by atoms with E-state index in [1.165, 1.54) is 5.69 Å². The van der Waals surface area contributed by atoms with E-state index in [-0.39, 0.29) is 17.9 Å². The van der Waals surface area contributed by atoms with Crippen LogP contribution in [-0.2, 0) is 11.2 Å². The number of Topliss-reactive ketones (excluding diaryl/α,β-unsaturated/α-hetero) is 1. The van der Waals surface area contributed by atoms with Gasteiger partial charge in [-0.15, -0.1) is 0 Å². The number of piperidine rings is 1. The first-order valence-electron chi connectivity index (χ1n) is 10.9. The van der Waals surface area contributed by atoms with E-state index in [1.54, 1.807) is 6.07 Å². The van der Waals surface area contributed by atoms with Gasteiger partial charge in [0.05, 0.1) is 12.5 Å². The van der Waals surface area contributed by atoms with Gasteiger partial charge in [0.1, 0.15) is 11.5 Å². The Morgan fingerprint density at radius 1 is 1.17 bits per heavy atom. The van der Waals surface area contributed by atoms with Crippen LogP contribution in [0, 0.1) is 5.92 Å². The number of fused-ring (bicyclic) bond motifs is 1. The minimum Gasteiger partial charge on any atom is -0.491 e. The molecule has 5 nitrogen and oxygen atoms in total. The first-order chi connectivity index (χ1) is 14.5. The second kappa shape index (κ2) is 8.90. The van der Waals surface area contributed by atoms with Crippen molar-refractivity contribution in [2.24, 2.45) is 5.92 Å². The molecular weight excluding hydrogens is 378 g/mol. The SMILES string of the molecule is CC(C)Oc1cccc(N2CCC(CCC(=O)c3ccc4c(c3)OC(=O)C4)CC2)c1. The predicted octanol–water partition coefficient (Wildman–Crippen LogP) is 4.81. The number of anilines is 1. The Kier molecular flexibility index (Phi) is 6.07. The number of benzene rings is 2. The van der Waals surface area contributed by atoms with Crippen LogP contribution in [0.25, 0.3) is 0 Å². The number of esters is 1. The molecule has 2 aliphatic rings. The molecule has 1 saturated heterocycles. The summed E-state index contributed by atoms with van der Waals surface area (Å²) in [6.07, 6.45) is 4.08. The minimum absolute atomic E-state index is 0.127. The lowest BCUT2D eigenvalue weighted by molar-refractivity contribution is -0.131. The van der Waals surface area contributed by atoms with Crippen LogP contribution in [0.3, 0.4) is 0 Å². The summed E-state index contributed by atoms with van der Waals surface area (Å²) in [7, 11) is 0. The van der Waals surface area contributed by atoms with Crippen molar-refractivity contribution in [3.63, 3.8) is 0 Å². The van der Waals surface area contributed by atoms with Gasteiger partial charge in [-0.05, 0) is 57.2 Å². The minimum atomic E-state index is -0.248. The summed E-state index contributed by atoms with van der Waals surface area (Å²) >= 11 is 0. The van der Waals surface area contributed by atoms with Crippen molar-refractivity contribution >= 4 is 17.4 Å². The van der Waals surface area contributed by atoms with Gasteiger partial charge in [-0.2, -0.15) is 0 Å². The monoisotopic (exact) mass is 407 g/mol. The zero-order chi connectivity index (χ0) is 21.1. The lowest BCUT2D eigenvalue weighted by atomic mass is 9.90. The summed E-state index contributed by atoms with van der Waals surface area (Å²) in [6.45, 7) is 6.07. The lowest BCUT2D eigenvalue weighted by Crippen LogP contribution is -2.33. The number of nitrogens with zero attached hydrogens (tertiary/aromatic N) is 1. The van der Waals surface area contributed by atoms with Crippen LogP contribution in [0.5, 0.6) is 11.5 Å². The van der Waals surface area contributed by atoms with Gasteiger partial charge in [0.15, 0.2) is 5.78 Å². The highest BCUT2D eigenvalue weighted by Crippen LogP contribution is 2.30. The third-order valence-electron chi connectivity index (χ3n) is 5.90. The highest BCUT2D eigenvalue weighted by atomic mass is 16.5. The standard InChI is InChI=1S/C25H29NO4/c1-17(2)29-22-5-3-4-21(16-22)26-12-10-18(11-13-26)6-9-23(27)19-7-8-20-15-25(28)30-24(20)14-19/h3-5,7-8,14,16-18H,6,9-13,15H2,1-2H3.